The first-order valence-corrected chi connectivity index (χ1v) is 7.99. The maximum absolute atomic E-state index is 11.0. The lowest BCUT2D eigenvalue weighted by Crippen LogP contribution is -2.39. The predicted octanol–water partition coefficient (Wildman–Crippen LogP) is 4.47. The minimum atomic E-state index is -0.513. The van der Waals surface area contributed by atoms with Crippen LogP contribution in [0.3, 0.4) is 0 Å². The highest BCUT2D eigenvalue weighted by molar-refractivity contribution is 5.36. The van der Waals surface area contributed by atoms with Gasteiger partial charge in [0.25, 0.3) is 0 Å². The molecule has 1 aromatic rings. The van der Waals surface area contributed by atoms with Gasteiger partial charge in [0, 0.05) is 6.61 Å². The van der Waals surface area contributed by atoms with Gasteiger partial charge in [-0.15, -0.1) is 0 Å². The summed E-state index contributed by atoms with van der Waals surface area (Å²) in [5.41, 5.74) is 3.09. The van der Waals surface area contributed by atoms with Crippen molar-refractivity contribution in [2.45, 2.75) is 71.0 Å². The van der Waals surface area contributed by atoms with Crippen molar-refractivity contribution in [3.05, 3.63) is 34.9 Å². The van der Waals surface area contributed by atoms with Gasteiger partial charge in [0.2, 0.25) is 0 Å². The Morgan fingerprint density at radius 3 is 2.40 bits per heavy atom. The first-order chi connectivity index (χ1) is 9.60. The van der Waals surface area contributed by atoms with Crippen LogP contribution >= 0.6 is 0 Å². The highest BCUT2D eigenvalue weighted by Gasteiger charge is 2.40. The average Bonchev–Trinajstić information content (AvgIpc) is 2.68. The van der Waals surface area contributed by atoms with Gasteiger partial charge in [0.15, 0.2) is 0 Å². The normalized spacial score (nSPS) is 20.4. The summed E-state index contributed by atoms with van der Waals surface area (Å²) >= 11 is 0. The van der Waals surface area contributed by atoms with E-state index in [2.05, 4.69) is 26.0 Å². The minimum Gasteiger partial charge on any atom is -0.385 e. The molecule has 1 N–H and O–H groups in total. The second-order valence-corrected chi connectivity index (χ2v) is 6.10. The van der Waals surface area contributed by atoms with Crippen molar-refractivity contribution in [1.29, 1.82) is 0 Å². The second kappa shape index (κ2) is 6.73. The Morgan fingerprint density at radius 1 is 1.15 bits per heavy atom. The first-order valence-electron chi connectivity index (χ1n) is 7.99. The van der Waals surface area contributed by atoms with E-state index in [0.29, 0.717) is 6.61 Å². The largest absolute Gasteiger partial charge is 0.385 e. The van der Waals surface area contributed by atoms with Crippen LogP contribution in [-0.4, -0.2) is 17.3 Å². The van der Waals surface area contributed by atoms with Gasteiger partial charge in [-0.1, -0.05) is 43.9 Å². The number of aliphatic hydroxyl groups is 1. The van der Waals surface area contributed by atoms with Crippen LogP contribution in [0.2, 0.25) is 0 Å². The molecule has 20 heavy (non-hydrogen) atoms. The molecule has 2 nitrogen and oxygen atoms in total. The maximum atomic E-state index is 11.0. The molecule has 0 radical (unpaired) electrons. The van der Waals surface area contributed by atoms with Crippen molar-refractivity contribution in [3.63, 3.8) is 0 Å². The molecular formula is C18H28O2. The Kier molecular flexibility index (Phi) is 5.22. The smallest absolute Gasteiger partial charge is 0.108 e. The van der Waals surface area contributed by atoms with Crippen LogP contribution in [0.1, 0.15) is 68.2 Å². The van der Waals surface area contributed by atoms with E-state index in [-0.39, 0.29) is 5.60 Å². The number of aryl methyl sites for hydroxylation is 1. The summed E-state index contributed by atoms with van der Waals surface area (Å²) in [5.74, 6) is 0. The molecule has 1 unspecified atom stereocenters. The third-order valence-electron chi connectivity index (χ3n) is 4.82. The van der Waals surface area contributed by atoms with E-state index >= 15 is 0 Å². The van der Waals surface area contributed by atoms with Crippen LogP contribution < -0.4 is 0 Å². The molecule has 0 aliphatic heterocycles. The molecule has 0 saturated heterocycles. The van der Waals surface area contributed by atoms with Crippen LogP contribution in [-0.2, 0) is 4.74 Å². The van der Waals surface area contributed by atoms with Crippen LogP contribution in [0.25, 0.3) is 0 Å². The van der Waals surface area contributed by atoms with E-state index in [9.17, 15) is 5.11 Å². The van der Waals surface area contributed by atoms with Gasteiger partial charge in [-0.3, -0.25) is 0 Å². The predicted molar refractivity (Wildman–Crippen MR) is 82.9 cm³/mol. The highest BCUT2D eigenvalue weighted by atomic mass is 16.5. The van der Waals surface area contributed by atoms with Crippen molar-refractivity contribution in [2.24, 2.45) is 0 Å². The molecule has 0 spiro atoms. The molecule has 0 bridgehead atoms. The maximum Gasteiger partial charge on any atom is 0.108 e. The molecule has 0 amide bonds. The van der Waals surface area contributed by atoms with Gasteiger partial charge in [0.05, 0.1) is 5.60 Å². The number of hydrogen-bond donors (Lipinski definition) is 1. The molecule has 2 heteroatoms. The fourth-order valence-corrected chi connectivity index (χ4v) is 3.46. The number of aliphatic hydroxyl groups excluding tert-OH is 1. The van der Waals surface area contributed by atoms with Crippen LogP contribution in [0, 0.1) is 13.8 Å². The quantitative estimate of drug-likeness (QED) is 0.822. The fourth-order valence-electron chi connectivity index (χ4n) is 3.46. The molecule has 112 valence electrons. The van der Waals surface area contributed by atoms with E-state index in [4.69, 9.17) is 4.74 Å². The van der Waals surface area contributed by atoms with Crippen molar-refractivity contribution in [1.82, 2.24) is 0 Å². The van der Waals surface area contributed by atoms with Crippen LogP contribution in [0.5, 0.6) is 0 Å². The molecule has 1 atom stereocenters. The SMILES string of the molecule is CCOC1(C(O)c2cccc(C)c2C)CCCCCC1. The zero-order valence-electron chi connectivity index (χ0n) is 13.1. The molecule has 1 aliphatic carbocycles. The number of rotatable bonds is 4. The molecule has 1 aromatic carbocycles. The lowest BCUT2D eigenvalue weighted by Gasteiger charge is -2.38. The number of benzene rings is 1. The summed E-state index contributed by atoms with van der Waals surface area (Å²) < 4.78 is 6.11. The van der Waals surface area contributed by atoms with E-state index in [1.807, 2.05) is 13.0 Å². The summed E-state index contributed by atoms with van der Waals surface area (Å²) in [5, 5.41) is 11.0. The van der Waals surface area contributed by atoms with E-state index in [1.165, 1.54) is 24.0 Å². The molecule has 1 saturated carbocycles. The summed E-state index contributed by atoms with van der Waals surface area (Å²) in [6.45, 7) is 6.90. The van der Waals surface area contributed by atoms with Gasteiger partial charge in [-0.2, -0.15) is 0 Å². The van der Waals surface area contributed by atoms with Gasteiger partial charge in [0.1, 0.15) is 6.10 Å². The summed E-state index contributed by atoms with van der Waals surface area (Å²) in [4.78, 5) is 0. The molecular weight excluding hydrogens is 248 g/mol. The minimum absolute atomic E-state index is 0.385. The van der Waals surface area contributed by atoms with Gasteiger partial charge in [-0.05, 0) is 50.3 Å². The molecule has 0 aromatic heterocycles. The Morgan fingerprint density at radius 2 is 1.80 bits per heavy atom. The molecule has 1 aliphatic rings. The zero-order valence-corrected chi connectivity index (χ0v) is 13.1. The molecule has 2 rings (SSSR count). The van der Waals surface area contributed by atoms with Crippen molar-refractivity contribution in [3.8, 4) is 0 Å². The van der Waals surface area contributed by atoms with Gasteiger partial charge in [-0.25, -0.2) is 0 Å². The Bertz CT molecular complexity index is 431. The molecule has 0 heterocycles. The zero-order chi connectivity index (χ0) is 14.6. The van der Waals surface area contributed by atoms with Crippen LogP contribution in [0.4, 0.5) is 0 Å². The van der Waals surface area contributed by atoms with E-state index in [0.717, 1.165) is 31.2 Å². The van der Waals surface area contributed by atoms with Crippen LogP contribution in [0.15, 0.2) is 18.2 Å². The van der Waals surface area contributed by atoms with E-state index in [1.54, 1.807) is 0 Å². The third-order valence-corrected chi connectivity index (χ3v) is 4.82. The Labute approximate surface area is 123 Å². The highest BCUT2D eigenvalue weighted by Crippen LogP contribution is 2.41. The average molecular weight is 276 g/mol. The first kappa shape index (κ1) is 15.5. The Hall–Kier alpha value is -0.860. The number of hydrogen-bond acceptors (Lipinski definition) is 2. The van der Waals surface area contributed by atoms with E-state index < -0.39 is 6.10 Å². The lowest BCUT2D eigenvalue weighted by atomic mass is 9.82. The topological polar surface area (TPSA) is 29.5 Å². The summed E-state index contributed by atoms with van der Waals surface area (Å²) in [6.07, 6.45) is 6.25. The van der Waals surface area contributed by atoms with Gasteiger partial charge < -0.3 is 9.84 Å². The van der Waals surface area contributed by atoms with Gasteiger partial charge >= 0.3 is 0 Å². The van der Waals surface area contributed by atoms with Crippen molar-refractivity contribution in [2.75, 3.05) is 6.61 Å². The summed E-state index contributed by atoms with van der Waals surface area (Å²) in [7, 11) is 0. The standard InChI is InChI=1S/C18H28O2/c1-4-20-18(12-7-5-6-8-13-18)17(19)16-11-9-10-14(2)15(16)3/h9-11,17,19H,4-8,12-13H2,1-3H3. The number of ether oxygens (including phenoxy) is 1. The third kappa shape index (κ3) is 3.07. The second-order valence-electron chi connectivity index (χ2n) is 6.10. The van der Waals surface area contributed by atoms with Crippen molar-refractivity contribution >= 4 is 0 Å². The molecule has 1 fully saturated rings. The van der Waals surface area contributed by atoms with Crippen molar-refractivity contribution < 1.29 is 9.84 Å². The Balaban J connectivity index is 2.34. The fraction of sp³-hybridized carbons (Fsp3) is 0.667. The summed E-state index contributed by atoms with van der Waals surface area (Å²) in [6, 6.07) is 6.20. The monoisotopic (exact) mass is 276 g/mol. The lowest BCUT2D eigenvalue weighted by molar-refractivity contribution is -0.131.